The molecule has 0 heterocycles. The fraction of sp³-hybridized carbons (Fsp3) is 0.600. The van der Waals surface area contributed by atoms with E-state index in [1.807, 2.05) is 0 Å². The molecule has 0 aromatic heterocycles. The maximum Gasteiger partial charge on any atom is 0.0845 e. The van der Waals surface area contributed by atoms with E-state index in [-0.39, 0.29) is 5.41 Å². The molecule has 0 bridgehead atoms. The average Bonchev–Trinajstić information content (AvgIpc) is 2.44. The molecule has 0 spiro atoms. The lowest BCUT2D eigenvalue weighted by atomic mass is 9.80. The van der Waals surface area contributed by atoms with Gasteiger partial charge in [0.2, 0.25) is 0 Å². The van der Waals surface area contributed by atoms with Crippen LogP contribution in [0.4, 0.5) is 0 Å². The summed E-state index contributed by atoms with van der Waals surface area (Å²) in [5.41, 5.74) is 0.259. The molecule has 0 radical (unpaired) electrons. The maximum absolute atomic E-state index is 5.39. The summed E-state index contributed by atoms with van der Waals surface area (Å²) in [5.74, 6) is 0.687. The molecule has 2 rings (SSSR count). The van der Waals surface area contributed by atoms with Gasteiger partial charge in [0.1, 0.15) is 0 Å². The molecule has 0 saturated carbocycles. The Labute approximate surface area is 67.7 Å². The first kappa shape index (κ1) is 7.11. The fourth-order valence-electron chi connectivity index (χ4n) is 2.21. The van der Waals surface area contributed by atoms with E-state index in [4.69, 9.17) is 4.74 Å². The highest BCUT2D eigenvalue weighted by atomic mass is 16.5. The van der Waals surface area contributed by atoms with Crippen LogP contribution >= 0.6 is 0 Å². The van der Waals surface area contributed by atoms with E-state index in [0.717, 1.165) is 0 Å². The predicted octanol–water partition coefficient (Wildman–Crippen LogP) is 2.15. The van der Waals surface area contributed by atoms with Gasteiger partial charge < -0.3 is 4.74 Å². The SMILES string of the molecule is COC1C=CC2CC=CC21C. The van der Waals surface area contributed by atoms with Crippen LogP contribution < -0.4 is 0 Å². The van der Waals surface area contributed by atoms with Crippen LogP contribution in [0.1, 0.15) is 13.3 Å². The molecule has 2 aliphatic rings. The molecule has 1 heteroatoms. The third-order valence-electron chi connectivity index (χ3n) is 3.05. The Morgan fingerprint density at radius 2 is 2.27 bits per heavy atom. The van der Waals surface area contributed by atoms with Crippen molar-refractivity contribution in [1.29, 1.82) is 0 Å². The molecule has 0 aromatic rings. The first-order valence-electron chi connectivity index (χ1n) is 4.16. The first-order chi connectivity index (χ1) is 5.27. The molecule has 0 saturated heterocycles. The average molecular weight is 150 g/mol. The Balaban J connectivity index is 2.28. The van der Waals surface area contributed by atoms with E-state index in [1.54, 1.807) is 7.11 Å². The number of allylic oxidation sites excluding steroid dienone is 2. The van der Waals surface area contributed by atoms with Crippen LogP contribution in [0.25, 0.3) is 0 Å². The quantitative estimate of drug-likeness (QED) is 0.520. The van der Waals surface area contributed by atoms with E-state index in [0.29, 0.717) is 12.0 Å². The highest BCUT2D eigenvalue weighted by Crippen LogP contribution is 2.46. The largest absolute Gasteiger partial charge is 0.376 e. The summed E-state index contributed by atoms with van der Waals surface area (Å²) in [6.07, 6.45) is 10.5. The van der Waals surface area contributed by atoms with E-state index in [1.165, 1.54) is 6.42 Å². The number of ether oxygens (including phenoxy) is 1. The van der Waals surface area contributed by atoms with Crippen molar-refractivity contribution >= 4 is 0 Å². The van der Waals surface area contributed by atoms with Gasteiger partial charge in [-0.25, -0.2) is 0 Å². The summed E-state index contributed by atoms with van der Waals surface area (Å²) >= 11 is 0. The number of methoxy groups -OCH3 is 1. The second-order valence-corrected chi connectivity index (χ2v) is 3.65. The Hall–Kier alpha value is -0.560. The minimum absolute atomic E-state index is 0.259. The first-order valence-corrected chi connectivity index (χ1v) is 4.16. The zero-order valence-corrected chi connectivity index (χ0v) is 7.08. The molecular weight excluding hydrogens is 136 g/mol. The van der Waals surface area contributed by atoms with Gasteiger partial charge in [0.25, 0.3) is 0 Å². The Morgan fingerprint density at radius 1 is 1.45 bits per heavy atom. The molecule has 60 valence electrons. The number of rotatable bonds is 1. The summed E-state index contributed by atoms with van der Waals surface area (Å²) in [6, 6.07) is 0. The zero-order valence-electron chi connectivity index (χ0n) is 7.08. The molecule has 0 fully saturated rings. The van der Waals surface area contributed by atoms with Gasteiger partial charge in [0.15, 0.2) is 0 Å². The number of fused-ring (bicyclic) bond motifs is 1. The van der Waals surface area contributed by atoms with Crippen molar-refractivity contribution in [3.05, 3.63) is 24.3 Å². The predicted molar refractivity (Wildman–Crippen MR) is 45.3 cm³/mol. The smallest absolute Gasteiger partial charge is 0.0845 e. The van der Waals surface area contributed by atoms with Crippen molar-refractivity contribution in [2.24, 2.45) is 11.3 Å². The van der Waals surface area contributed by atoms with Crippen LogP contribution in [0.3, 0.4) is 0 Å². The van der Waals surface area contributed by atoms with E-state index in [9.17, 15) is 0 Å². The fourth-order valence-corrected chi connectivity index (χ4v) is 2.21. The van der Waals surface area contributed by atoms with Gasteiger partial charge in [-0.15, -0.1) is 0 Å². The van der Waals surface area contributed by atoms with Gasteiger partial charge >= 0.3 is 0 Å². The molecular formula is C10H14O. The van der Waals surface area contributed by atoms with Gasteiger partial charge in [-0.3, -0.25) is 0 Å². The van der Waals surface area contributed by atoms with Crippen molar-refractivity contribution in [3.8, 4) is 0 Å². The van der Waals surface area contributed by atoms with Crippen molar-refractivity contribution in [3.63, 3.8) is 0 Å². The standard InChI is InChI=1S/C10H14O/c1-10-7-3-4-8(10)5-6-9(10)11-2/h3,5-9H,4H2,1-2H3. The van der Waals surface area contributed by atoms with E-state index in [2.05, 4.69) is 31.2 Å². The molecule has 0 aromatic carbocycles. The maximum atomic E-state index is 5.39. The molecule has 11 heavy (non-hydrogen) atoms. The lowest BCUT2D eigenvalue weighted by molar-refractivity contribution is 0.0553. The molecule has 0 amide bonds. The van der Waals surface area contributed by atoms with Crippen LogP contribution in [-0.4, -0.2) is 13.2 Å². The monoisotopic (exact) mass is 150 g/mol. The van der Waals surface area contributed by atoms with Crippen molar-refractivity contribution in [2.75, 3.05) is 7.11 Å². The summed E-state index contributed by atoms with van der Waals surface area (Å²) in [6.45, 7) is 2.27. The van der Waals surface area contributed by atoms with Crippen LogP contribution in [-0.2, 0) is 4.74 Å². The number of hydrogen-bond acceptors (Lipinski definition) is 1. The second kappa shape index (κ2) is 2.21. The molecule has 0 aliphatic heterocycles. The van der Waals surface area contributed by atoms with Crippen molar-refractivity contribution in [2.45, 2.75) is 19.4 Å². The van der Waals surface area contributed by atoms with Crippen LogP contribution in [0.15, 0.2) is 24.3 Å². The van der Waals surface area contributed by atoms with Gasteiger partial charge in [-0.2, -0.15) is 0 Å². The Morgan fingerprint density at radius 3 is 3.00 bits per heavy atom. The summed E-state index contributed by atoms with van der Waals surface area (Å²) in [5, 5.41) is 0. The topological polar surface area (TPSA) is 9.23 Å². The lowest BCUT2D eigenvalue weighted by Gasteiger charge is -2.29. The molecule has 0 N–H and O–H groups in total. The summed E-state index contributed by atoms with van der Waals surface area (Å²) in [4.78, 5) is 0. The van der Waals surface area contributed by atoms with Gasteiger partial charge in [0.05, 0.1) is 6.10 Å². The van der Waals surface area contributed by atoms with Crippen molar-refractivity contribution < 1.29 is 4.74 Å². The second-order valence-electron chi connectivity index (χ2n) is 3.65. The van der Waals surface area contributed by atoms with Crippen LogP contribution in [0.5, 0.6) is 0 Å². The van der Waals surface area contributed by atoms with Gasteiger partial charge in [0, 0.05) is 12.5 Å². The normalized spacial score (nSPS) is 46.7. The van der Waals surface area contributed by atoms with Crippen LogP contribution in [0, 0.1) is 11.3 Å². The molecule has 2 aliphatic carbocycles. The number of hydrogen-bond donors (Lipinski definition) is 0. The third kappa shape index (κ3) is 0.807. The molecule has 3 atom stereocenters. The van der Waals surface area contributed by atoms with Gasteiger partial charge in [-0.05, 0) is 12.3 Å². The lowest BCUT2D eigenvalue weighted by Crippen LogP contribution is -2.29. The zero-order chi connectivity index (χ0) is 7.90. The van der Waals surface area contributed by atoms with Crippen molar-refractivity contribution in [1.82, 2.24) is 0 Å². The minimum atomic E-state index is 0.259. The highest BCUT2D eigenvalue weighted by molar-refractivity contribution is 5.26. The Kier molecular flexibility index (Phi) is 1.43. The molecule has 1 nitrogen and oxygen atoms in total. The van der Waals surface area contributed by atoms with E-state index >= 15 is 0 Å². The summed E-state index contributed by atoms with van der Waals surface area (Å²) in [7, 11) is 1.79. The molecule has 3 unspecified atom stereocenters. The minimum Gasteiger partial charge on any atom is -0.376 e. The highest BCUT2D eigenvalue weighted by Gasteiger charge is 2.43. The third-order valence-corrected chi connectivity index (χ3v) is 3.05. The summed E-state index contributed by atoms with van der Waals surface area (Å²) < 4.78 is 5.39. The van der Waals surface area contributed by atoms with E-state index < -0.39 is 0 Å². The Bertz CT molecular complexity index is 217. The van der Waals surface area contributed by atoms with Crippen LogP contribution in [0.2, 0.25) is 0 Å². The van der Waals surface area contributed by atoms with Gasteiger partial charge in [-0.1, -0.05) is 31.2 Å².